The van der Waals surface area contributed by atoms with Gasteiger partial charge in [0.25, 0.3) is 0 Å². The number of hydrogen-bond acceptors (Lipinski definition) is 5. The van der Waals surface area contributed by atoms with E-state index in [0.717, 1.165) is 6.07 Å². The predicted octanol–water partition coefficient (Wildman–Crippen LogP) is 2.33. The van der Waals surface area contributed by atoms with Gasteiger partial charge in [0.05, 0.1) is 4.90 Å². The Morgan fingerprint density at radius 3 is 2.36 bits per heavy atom. The lowest BCUT2D eigenvalue weighted by atomic mass is 10.2. The number of amides is 1. The lowest BCUT2D eigenvalue weighted by Gasteiger charge is -2.14. The van der Waals surface area contributed by atoms with Crippen LogP contribution in [0.1, 0.15) is 19.4 Å². The summed E-state index contributed by atoms with van der Waals surface area (Å²) in [6, 6.07) is 7.47. The van der Waals surface area contributed by atoms with Crippen LogP contribution in [0.3, 0.4) is 0 Å². The number of nitrogens with one attached hydrogen (secondary N) is 2. The van der Waals surface area contributed by atoms with Crippen LogP contribution in [-0.2, 0) is 31.0 Å². The summed E-state index contributed by atoms with van der Waals surface area (Å²) in [4.78, 5) is 22.8. The summed E-state index contributed by atoms with van der Waals surface area (Å²) in [6.45, 7) is 2.03. The van der Waals surface area contributed by atoms with Crippen LogP contribution in [0.15, 0.2) is 47.4 Å². The third-order valence-corrected chi connectivity index (χ3v) is 5.13. The van der Waals surface area contributed by atoms with Crippen LogP contribution in [-0.4, -0.2) is 26.3 Å². The molecule has 10 heteroatoms. The van der Waals surface area contributed by atoms with Crippen LogP contribution < -0.4 is 10.0 Å². The molecule has 0 saturated heterocycles. The van der Waals surface area contributed by atoms with Crippen molar-refractivity contribution in [3.63, 3.8) is 0 Å². The number of hydrogen-bond donors (Lipinski definition) is 2. The van der Waals surface area contributed by atoms with Gasteiger partial charge in [-0.1, -0.05) is 12.1 Å². The molecule has 150 valence electrons. The van der Waals surface area contributed by atoms with Crippen molar-refractivity contribution in [2.45, 2.75) is 31.4 Å². The fourth-order valence-corrected chi connectivity index (χ4v) is 3.40. The van der Waals surface area contributed by atoms with E-state index >= 15 is 0 Å². The number of carbonyl (C=O) groups excluding carboxylic acids is 2. The lowest BCUT2D eigenvalue weighted by molar-refractivity contribution is -0.146. The standard InChI is InChI=1S/C18H18F2N2O5S/c1-11(18(24)27-10-13-4-3-5-16(19)17(13)20)22-28(25,26)15-8-6-14(7-9-15)21-12(2)23/h3-9,11,22H,10H2,1-2H3,(H,21,23)/t11-/m0/s1. The normalized spacial score (nSPS) is 12.3. The number of carbonyl (C=O) groups is 2. The molecule has 0 aromatic heterocycles. The Balaban J connectivity index is 1.99. The largest absolute Gasteiger partial charge is 0.460 e. The zero-order valence-corrected chi connectivity index (χ0v) is 15.8. The molecule has 2 rings (SSSR count). The topological polar surface area (TPSA) is 102 Å². The molecular weight excluding hydrogens is 394 g/mol. The number of ether oxygens (including phenoxy) is 1. The highest BCUT2D eigenvalue weighted by molar-refractivity contribution is 7.89. The highest BCUT2D eigenvalue weighted by Crippen LogP contribution is 2.15. The van der Waals surface area contributed by atoms with E-state index in [1.807, 2.05) is 0 Å². The highest BCUT2D eigenvalue weighted by atomic mass is 32.2. The van der Waals surface area contributed by atoms with E-state index in [9.17, 15) is 26.8 Å². The SMILES string of the molecule is CC(=O)Nc1ccc(S(=O)(=O)N[C@@H](C)C(=O)OCc2cccc(F)c2F)cc1. The van der Waals surface area contributed by atoms with Gasteiger partial charge in [-0.2, -0.15) is 4.72 Å². The van der Waals surface area contributed by atoms with Crippen molar-refractivity contribution in [3.05, 3.63) is 59.7 Å². The molecule has 2 N–H and O–H groups in total. The molecule has 1 atom stereocenters. The van der Waals surface area contributed by atoms with Crippen LogP contribution in [0.5, 0.6) is 0 Å². The summed E-state index contributed by atoms with van der Waals surface area (Å²) < 4.78 is 58.4. The second-order valence-electron chi connectivity index (χ2n) is 5.87. The maximum absolute atomic E-state index is 13.6. The van der Waals surface area contributed by atoms with Gasteiger partial charge in [-0.3, -0.25) is 9.59 Å². The Bertz CT molecular complexity index is 978. The molecule has 0 heterocycles. The number of benzene rings is 2. The number of sulfonamides is 1. The van der Waals surface area contributed by atoms with Crippen LogP contribution >= 0.6 is 0 Å². The Kier molecular flexibility index (Phi) is 6.81. The van der Waals surface area contributed by atoms with Gasteiger partial charge in [0.2, 0.25) is 15.9 Å². The van der Waals surface area contributed by atoms with E-state index in [-0.39, 0.29) is 16.4 Å². The maximum atomic E-state index is 13.6. The second kappa shape index (κ2) is 8.89. The third kappa shape index (κ3) is 5.57. The minimum absolute atomic E-state index is 0.127. The molecule has 7 nitrogen and oxygen atoms in total. The van der Waals surface area contributed by atoms with E-state index in [1.54, 1.807) is 0 Å². The van der Waals surface area contributed by atoms with Crippen molar-refractivity contribution in [2.24, 2.45) is 0 Å². The number of esters is 1. The van der Waals surface area contributed by atoms with Gasteiger partial charge in [0.15, 0.2) is 11.6 Å². The summed E-state index contributed by atoms with van der Waals surface area (Å²) in [5.74, 6) is -3.48. The minimum Gasteiger partial charge on any atom is -0.460 e. The molecule has 0 spiro atoms. The van der Waals surface area contributed by atoms with E-state index in [4.69, 9.17) is 4.74 Å². The summed E-state index contributed by atoms with van der Waals surface area (Å²) in [7, 11) is -4.05. The Morgan fingerprint density at radius 2 is 1.75 bits per heavy atom. The molecule has 0 radical (unpaired) electrons. The molecule has 0 aliphatic rings. The molecule has 2 aromatic rings. The van der Waals surface area contributed by atoms with Crippen molar-refractivity contribution in [3.8, 4) is 0 Å². The number of anilines is 1. The first-order valence-electron chi connectivity index (χ1n) is 8.09. The minimum atomic E-state index is -4.05. The number of halogens is 2. The van der Waals surface area contributed by atoms with E-state index < -0.39 is 40.3 Å². The van der Waals surface area contributed by atoms with Gasteiger partial charge in [-0.25, -0.2) is 17.2 Å². The van der Waals surface area contributed by atoms with Crippen molar-refractivity contribution in [1.29, 1.82) is 0 Å². The van der Waals surface area contributed by atoms with Crippen LogP contribution in [0, 0.1) is 11.6 Å². The summed E-state index contributed by atoms with van der Waals surface area (Å²) in [6.07, 6.45) is 0. The van der Waals surface area contributed by atoms with Gasteiger partial charge in [-0.05, 0) is 37.3 Å². The zero-order chi connectivity index (χ0) is 20.9. The van der Waals surface area contributed by atoms with Crippen LogP contribution in [0.4, 0.5) is 14.5 Å². The van der Waals surface area contributed by atoms with Crippen molar-refractivity contribution >= 4 is 27.6 Å². The highest BCUT2D eigenvalue weighted by Gasteiger charge is 2.23. The molecule has 0 bridgehead atoms. The Hall–Kier alpha value is -2.85. The average molecular weight is 412 g/mol. The van der Waals surface area contributed by atoms with Gasteiger partial charge >= 0.3 is 5.97 Å². The third-order valence-electron chi connectivity index (χ3n) is 3.57. The average Bonchev–Trinajstić information content (AvgIpc) is 2.62. The molecule has 28 heavy (non-hydrogen) atoms. The van der Waals surface area contributed by atoms with Crippen LogP contribution in [0.25, 0.3) is 0 Å². The monoisotopic (exact) mass is 412 g/mol. The predicted molar refractivity (Wildman–Crippen MR) is 96.7 cm³/mol. The molecule has 0 fully saturated rings. The number of rotatable bonds is 7. The molecular formula is C18H18F2N2O5S. The Labute approximate surface area is 160 Å². The maximum Gasteiger partial charge on any atom is 0.324 e. The smallest absolute Gasteiger partial charge is 0.324 e. The first-order chi connectivity index (χ1) is 13.1. The summed E-state index contributed by atoms with van der Waals surface area (Å²) >= 11 is 0. The van der Waals surface area contributed by atoms with Gasteiger partial charge in [0, 0.05) is 18.2 Å². The fraction of sp³-hybridized carbons (Fsp3) is 0.222. The Morgan fingerprint density at radius 1 is 1.11 bits per heavy atom. The molecule has 0 aliphatic carbocycles. The molecule has 0 unspecified atom stereocenters. The first-order valence-corrected chi connectivity index (χ1v) is 9.58. The fourth-order valence-electron chi connectivity index (χ4n) is 2.20. The molecule has 0 aliphatic heterocycles. The van der Waals surface area contributed by atoms with Crippen LogP contribution in [0.2, 0.25) is 0 Å². The van der Waals surface area contributed by atoms with E-state index in [1.165, 1.54) is 50.2 Å². The lowest BCUT2D eigenvalue weighted by Crippen LogP contribution is -2.39. The van der Waals surface area contributed by atoms with Gasteiger partial charge in [0.1, 0.15) is 12.6 Å². The van der Waals surface area contributed by atoms with Gasteiger partial charge < -0.3 is 10.1 Å². The first kappa shape index (κ1) is 21.5. The van der Waals surface area contributed by atoms with Crippen molar-refractivity contribution in [1.82, 2.24) is 4.72 Å². The molecule has 0 saturated carbocycles. The summed E-state index contributed by atoms with van der Waals surface area (Å²) in [5.41, 5.74) is 0.244. The van der Waals surface area contributed by atoms with Crippen molar-refractivity contribution < 1.29 is 31.5 Å². The van der Waals surface area contributed by atoms with Gasteiger partial charge in [-0.15, -0.1) is 0 Å². The van der Waals surface area contributed by atoms with E-state index in [2.05, 4.69) is 10.0 Å². The van der Waals surface area contributed by atoms with E-state index in [0.29, 0.717) is 5.69 Å². The quantitative estimate of drug-likeness (QED) is 0.680. The molecule has 1 amide bonds. The second-order valence-corrected chi connectivity index (χ2v) is 7.58. The van der Waals surface area contributed by atoms with Crippen molar-refractivity contribution in [2.75, 3.05) is 5.32 Å². The summed E-state index contributed by atoms with van der Waals surface area (Å²) in [5, 5.41) is 2.50. The molecule has 2 aromatic carbocycles. The zero-order valence-electron chi connectivity index (χ0n) is 15.0.